The lowest BCUT2D eigenvalue weighted by molar-refractivity contribution is -0.110. The van der Waals surface area contributed by atoms with E-state index >= 15 is 0 Å². The smallest absolute Gasteiger partial charge is 0.449 e. The van der Waals surface area contributed by atoms with Gasteiger partial charge in [0.15, 0.2) is 0 Å². The van der Waals surface area contributed by atoms with Crippen molar-refractivity contribution in [3.05, 3.63) is 0 Å². The highest BCUT2D eigenvalue weighted by molar-refractivity contribution is 6.37. The molecule has 0 saturated carbocycles. The van der Waals surface area contributed by atoms with Gasteiger partial charge in [-0.3, -0.25) is 0 Å². The third-order valence-electron chi connectivity index (χ3n) is 7.39. The SMILES string of the molecule is CCCC(CCC)(CCC)[O][Al]([O]C(CCC)(CCC)CCC)[O]C(CCC)(CCC)CCC. The van der Waals surface area contributed by atoms with E-state index < -0.39 is 15.1 Å². The standard InChI is InChI=1S/3C10H21O.Al/c3*1-4-7-10(11,8-5-2)9-6-3;/h3*4-9H2,1-3H3;/q3*-1;+3. The summed E-state index contributed by atoms with van der Waals surface area (Å²) in [5.41, 5.74) is -0.286. The normalized spacial score (nSPS) is 13.0. The molecule has 0 aliphatic carbocycles. The Labute approximate surface area is 220 Å². The predicted molar refractivity (Wildman–Crippen MR) is 151 cm³/mol. The monoisotopic (exact) mass is 498 g/mol. The summed E-state index contributed by atoms with van der Waals surface area (Å²) >= 11 is -2.39. The van der Waals surface area contributed by atoms with E-state index in [2.05, 4.69) is 62.3 Å². The minimum absolute atomic E-state index is 0.0953. The quantitative estimate of drug-likeness (QED) is 0.124. The van der Waals surface area contributed by atoms with Gasteiger partial charge in [-0.2, -0.15) is 0 Å². The first-order chi connectivity index (χ1) is 16.3. The van der Waals surface area contributed by atoms with Crippen LogP contribution >= 0.6 is 0 Å². The molecule has 0 unspecified atom stereocenters. The highest BCUT2D eigenvalue weighted by Crippen LogP contribution is 2.38. The molecule has 0 aliphatic rings. The molecule has 0 fully saturated rings. The number of hydrogen-bond acceptors (Lipinski definition) is 3. The third-order valence-corrected chi connectivity index (χ3v) is 9.47. The molecular weight excluding hydrogens is 435 g/mol. The van der Waals surface area contributed by atoms with E-state index in [9.17, 15) is 0 Å². The van der Waals surface area contributed by atoms with E-state index in [-0.39, 0.29) is 16.8 Å². The molecule has 0 radical (unpaired) electrons. The minimum atomic E-state index is -2.39. The summed E-state index contributed by atoms with van der Waals surface area (Å²) in [4.78, 5) is 0. The van der Waals surface area contributed by atoms with E-state index in [1.165, 1.54) is 0 Å². The second-order valence-corrected chi connectivity index (χ2v) is 12.2. The molecule has 0 aromatic carbocycles. The molecule has 34 heavy (non-hydrogen) atoms. The van der Waals surface area contributed by atoms with Crippen molar-refractivity contribution >= 4 is 15.1 Å². The first-order valence-corrected chi connectivity index (χ1v) is 16.8. The van der Waals surface area contributed by atoms with E-state index in [0.29, 0.717) is 0 Å². The van der Waals surface area contributed by atoms with Crippen LogP contribution in [-0.2, 0) is 11.4 Å². The Kier molecular flexibility index (Phi) is 19.8. The minimum Gasteiger partial charge on any atom is -0.449 e. The Bertz CT molecular complexity index is 350. The van der Waals surface area contributed by atoms with Crippen molar-refractivity contribution in [1.29, 1.82) is 0 Å². The molecule has 4 heteroatoms. The summed E-state index contributed by atoms with van der Waals surface area (Å²) in [6.45, 7) is 20.7. The zero-order valence-corrected chi connectivity index (χ0v) is 26.2. The Hall–Kier alpha value is 0.412. The van der Waals surface area contributed by atoms with Crippen molar-refractivity contribution < 1.29 is 11.4 Å². The largest absolute Gasteiger partial charge is 0.906 e. The highest BCUT2D eigenvalue weighted by atomic mass is 27.3. The molecule has 0 aromatic heterocycles. The molecular formula is C30H63AlO3. The van der Waals surface area contributed by atoms with Gasteiger partial charge in [-0.25, -0.2) is 0 Å². The topological polar surface area (TPSA) is 27.7 Å². The summed E-state index contributed by atoms with van der Waals surface area (Å²) in [5, 5.41) is 0. The second-order valence-electron chi connectivity index (χ2n) is 10.9. The van der Waals surface area contributed by atoms with Crippen LogP contribution in [0.5, 0.6) is 0 Å². The first-order valence-electron chi connectivity index (χ1n) is 15.4. The van der Waals surface area contributed by atoms with Crippen LogP contribution in [0.15, 0.2) is 0 Å². The van der Waals surface area contributed by atoms with Gasteiger partial charge in [-0.05, 0) is 57.8 Å². The molecule has 0 rings (SSSR count). The van der Waals surface area contributed by atoms with Gasteiger partial charge in [-0.1, -0.05) is 120 Å². The van der Waals surface area contributed by atoms with Crippen LogP contribution in [0.3, 0.4) is 0 Å². The maximum Gasteiger partial charge on any atom is 0.906 e. The second kappa shape index (κ2) is 19.5. The fourth-order valence-corrected chi connectivity index (χ4v) is 8.87. The summed E-state index contributed by atoms with van der Waals surface area (Å²) in [6.07, 6.45) is 20.3. The van der Waals surface area contributed by atoms with Gasteiger partial charge in [0.25, 0.3) is 0 Å². The van der Waals surface area contributed by atoms with Gasteiger partial charge in [0.05, 0.1) is 0 Å². The molecule has 204 valence electrons. The fourth-order valence-electron chi connectivity index (χ4n) is 6.44. The van der Waals surface area contributed by atoms with Crippen molar-refractivity contribution in [2.24, 2.45) is 0 Å². The number of hydrogen-bond donors (Lipinski definition) is 0. The Morgan fingerprint density at radius 2 is 0.471 bits per heavy atom. The van der Waals surface area contributed by atoms with Gasteiger partial charge in [-0.15, -0.1) is 0 Å². The van der Waals surface area contributed by atoms with Gasteiger partial charge in [0, 0.05) is 16.8 Å². The van der Waals surface area contributed by atoms with Crippen LogP contribution in [0.2, 0.25) is 0 Å². The van der Waals surface area contributed by atoms with Crippen LogP contribution in [0.1, 0.15) is 178 Å². The van der Waals surface area contributed by atoms with Crippen molar-refractivity contribution in [3.63, 3.8) is 0 Å². The van der Waals surface area contributed by atoms with Crippen LogP contribution in [0.25, 0.3) is 0 Å². The van der Waals surface area contributed by atoms with Crippen LogP contribution in [-0.4, -0.2) is 32.0 Å². The average Bonchev–Trinajstić information content (AvgIpc) is 2.75. The van der Waals surface area contributed by atoms with Crippen LogP contribution in [0.4, 0.5) is 0 Å². The molecule has 0 saturated heterocycles. The molecule has 3 nitrogen and oxygen atoms in total. The van der Waals surface area contributed by atoms with Gasteiger partial charge in [0.1, 0.15) is 0 Å². The van der Waals surface area contributed by atoms with Gasteiger partial charge < -0.3 is 11.4 Å². The number of rotatable bonds is 24. The molecule has 0 atom stereocenters. The van der Waals surface area contributed by atoms with Crippen molar-refractivity contribution in [2.75, 3.05) is 0 Å². The van der Waals surface area contributed by atoms with Gasteiger partial charge >= 0.3 is 15.1 Å². The molecule has 0 amide bonds. The zero-order chi connectivity index (χ0) is 25.9. The zero-order valence-electron chi connectivity index (χ0n) is 25.0. The van der Waals surface area contributed by atoms with Crippen LogP contribution in [0, 0.1) is 0 Å². The lowest BCUT2D eigenvalue weighted by Crippen LogP contribution is -2.51. The molecule has 0 spiro atoms. The predicted octanol–water partition coefficient (Wildman–Crippen LogP) is 10.4. The summed E-state index contributed by atoms with van der Waals surface area (Å²) in [6, 6.07) is 0. The highest BCUT2D eigenvalue weighted by Gasteiger charge is 2.50. The van der Waals surface area contributed by atoms with Crippen LogP contribution < -0.4 is 0 Å². The van der Waals surface area contributed by atoms with Crippen molar-refractivity contribution in [1.82, 2.24) is 0 Å². The Balaban J connectivity index is 6.41. The fraction of sp³-hybridized carbons (Fsp3) is 1.00. The molecule has 0 aliphatic heterocycles. The van der Waals surface area contributed by atoms with E-state index in [4.69, 9.17) is 11.4 Å². The average molecular weight is 499 g/mol. The maximum absolute atomic E-state index is 7.24. The lowest BCUT2D eigenvalue weighted by Gasteiger charge is -2.44. The third kappa shape index (κ3) is 12.1. The van der Waals surface area contributed by atoms with Crippen molar-refractivity contribution in [2.45, 2.75) is 195 Å². The lowest BCUT2D eigenvalue weighted by atomic mass is 9.88. The Morgan fingerprint density at radius 1 is 0.324 bits per heavy atom. The van der Waals surface area contributed by atoms with E-state index in [1.807, 2.05) is 0 Å². The Morgan fingerprint density at radius 3 is 0.588 bits per heavy atom. The van der Waals surface area contributed by atoms with Gasteiger partial charge in [0.2, 0.25) is 0 Å². The molecule has 0 bridgehead atoms. The van der Waals surface area contributed by atoms with Crippen molar-refractivity contribution in [3.8, 4) is 0 Å². The first kappa shape index (κ1) is 34.4. The molecule has 0 N–H and O–H groups in total. The van der Waals surface area contributed by atoms with E-state index in [0.717, 1.165) is 116 Å². The maximum atomic E-state index is 7.24. The molecule has 0 heterocycles. The van der Waals surface area contributed by atoms with E-state index in [1.54, 1.807) is 0 Å². The summed E-state index contributed by atoms with van der Waals surface area (Å²) in [7, 11) is 0. The molecule has 0 aromatic rings. The summed E-state index contributed by atoms with van der Waals surface area (Å²) in [5.74, 6) is 0. The summed E-state index contributed by atoms with van der Waals surface area (Å²) < 4.78 is 21.7.